The summed E-state index contributed by atoms with van der Waals surface area (Å²) in [6.07, 6.45) is 3.56. The van der Waals surface area contributed by atoms with E-state index < -0.39 is 0 Å². The van der Waals surface area contributed by atoms with E-state index in [1.807, 2.05) is 31.6 Å². The maximum atomic E-state index is 12.5. The lowest BCUT2D eigenvalue weighted by molar-refractivity contribution is 0.0949. The molecule has 4 rings (SSSR count). The van der Waals surface area contributed by atoms with Gasteiger partial charge in [0.2, 0.25) is 11.8 Å². The van der Waals surface area contributed by atoms with Crippen molar-refractivity contribution in [2.24, 2.45) is 0 Å². The molecule has 0 saturated carbocycles. The first kappa shape index (κ1) is 21.4. The topological polar surface area (TPSA) is 103 Å². The highest BCUT2D eigenvalue weighted by Crippen LogP contribution is 2.28. The lowest BCUT2D eigenvalue weighted by Gasteiger charge is -2.11. The molecule has 0 aliphatic heterocycles. The Hall–Kier alpha value is -3.88. The zero-order chi connectivity index (χ0) is 22.5. The molecule has 0 unspecified atom stereocenters. The summed E-state index contributed by atoms with van der Waals surface area (Å²) in [6.45, 7) is 1.33. The molecule has 0 spiro atoms. The molecule has 2 N–H and O–H groups in total. The summed E-state index contributed by atoms with van der Waals surface area (Å²) < 4.78 is 12.4. The van der Waals surface area contributed by atoms with E-state index in [2.05, 4.69) is 36.2 Å². The molecule has 4 aromatic rings. The summed E-state index contributed by atoms with van der Waals surface area (Å²) >= 11 is 0. The number of carbonyl (C=O) groups is 1. The van der Waals surface area contributed by atoms with Crippen molar-refractivity contribution >= 4 is 33.7 Å². The van der Waals surface area contributed by atoms with Crippen LogP contribution in [0.1, 0.15) is 23.2 Å². The number of hydrogen-bond donors (Lipinski definition) is 2. The van der Waals surface area contributed by atoms with Gasteiger partial charge >= 0.3 is 0 Å². The molecule has 3 aromatic heterocycles. The highest BCUT2D eigenvalue weighted by atomic mass is 16.5. The van der Waals surface area contributed by atoms with Crippen LogP contribution in [0.5, 0.6) is 11.8 Å². The van der Waals surface area contributed by atoms with Crippen molar-refractivity contribution in [3.05, 3.63) is 48.3 Å². The highest BCUT2D eigenvalue weighted by Gasteiger charge is 2.15. The van der Waals surface area contributed by atoms with Gasteiger partial charge in [-0.2, -0.15) is 4.98 Å². The van der Waals surface area contributed by atoms with Crippen molar-refractivity contribution in [3.8, 4) is 11.8 Å². The summed E-state index contributed by atoms with van der Waals surface area (Å²) in [5, 5.41) is 7.15. The number of rotatable bonds is 9. The number of ether oxygens (including phenoxy) is 2. The fourth-order valence-electron chi connectivity index (χ4n) is 3.70. The van der Waals surface area contributed by atoms with Gasteiger partial charge in [0.1, 0.15) is 11.1 Å². The van der Waals surface area contributed by atoms with Gasteiger partial charge in [0.15, 0.2) is 5.82 Å². The van der Waals surface area contributed by atoms with Gasteiger partial charge in [-0.05, 0) is 25.0 Å². The molecular weight excluding hydrogens is 408 g/mol. The number of methoxy groups -OCH3 is 2. The van der Waals surface area contributed by atoms with E-state index in [9.17, 15) is 4.79 Å². The zero-order valence-corrected chi connectivity index (χ0v) is 18.4. The van der Waals surface area contributed by atoms with E-state index in [-0.39, 0.29) is 11.8 Å². The van der Waals surface area contributed by atoms with E-state index in [1.165, 1.54) is 14.2 Å². The highest BCUT2D eigenvalue weighted by molar-refractivity contribution is 6.06. The van der Waals surface area contributed by atoms with Gasteiger partial charge in [0.25, 0.3) is 5.91 Å². The largest absolute Gasteiger partial charge is 0.481 e. The van der Waals surface area contributed by atoms with Crippen LogP contribution in [0.25, 0.3) is 21.9 Å². The minimum Gasteiger partial charge on any atom is -0.481 e. The molecular formula is C23H26N6O3. The molecule has 1 aromatic carbocycles. The fraction of sp³-hybridized carbons (Fsp3) is 0.304. The van der Waals surface area contributed by atoms with Crippen LogP contribution >= 0.6 is 0 Å². The smallest absolute Gasteiger partial charge is 0.256 e. The number of imidazole rings is 1. The summed E-state index contributed by atoms with van der Waals surface area (Å²) in [4.78, 5) is 25.9. The average Bonchev–Trinajstić information content (AvgIpc) is 3.27. The van der Waals surface area contributed by atoms with Crippen LogP contribution in [0.4, 0.5) is 5.82 Å². The van der Waals surface area contributed by atoms with Crippen molar-refractivity contribution in [1.82, 2.24) is 24.8 Å². The number of aromatic nitrogens is 4. The number of carbonyl (C=O) groups excluding carboxylic acids is 1. The number of para-hydroxylation sites is 1. The van der Waals surface area contributed by atoms with Crippen LogP contribution in [0.2, 0.25) is 0 Å². The van der Waals surface area contributed by atoms with E-state index in [0.717, 1.165) is 47.1 Å². The standard InChI is InChI=1S/C23H26N6O3/c1-24-21-19-20(15-8-4-5-9-17(15)27-21)29(14-26-19)13-7-6-12-25-22(30)16-10-11-18(31-2)28-23(16)32-3/h4-5,8-11,14H,6-7,12-13H2,1-3H3,(H,24,27)(H,25,30). The molecule has 0 aliphatic rings. The Labute approximate surface area is 185 Å². The molecule has 32 heavy (non-hydrogen) atoms. The van der Waals surface area contributed by atoms with Gasteiger partial charge in [-0.25, -0.2) is 9.97 Å². The van der Waals surface area contributed by atoms with E-state index >= 15 is 0 Å². The van der Waals surface area contributed by atoms with Gasteiger partial charge in [-0.15, -0.1) is 0 Å². The number of nitrogens with zero attached hydrogens (tertiary/aromatic N) is 4. The number of pyridine rings is 2. The van der Waals surface area contributed by atoms with Gasteiger partial charge in [-0.3, -0.25) is 4.79 Å². The number of aryl methyl sites for hydroxylation is 1. The van der Waals surface area contributed by atoms with Crippen LogP contribution < -0.4 is 20.1 Å². The van der Waals surface area contributed by atoms with Crippen molar-refractivity contribution in [3.63, 3.8) is 0 Å². The van der Waals surface area contributed by atoms with Crippen molar-refractivity contribution < 1.29 is 14.3 Å². The Kier molecular flexibility index (Phi) is 6.34. The van der Waals surface area contributed by atoms with Gasteiger partial charge < -0.3 is 24.7 Å². The quantitative estimate of drug-likeness (QED) is 0.390. The van der Waals surface area contributed by atoms with Crippen LogP contribution in [0.15, 0.2) is 42.7 Å². The van der Waals surface area contributed by atoms with Crippen LogP contribution in [0, 0.1) is 0 Å². The number of hydrogen-bond acceptors (Lipinski definition) is 7. The summed E-state index contributed by atoms with van der Waals surface area (Å²) in [7, 11) is 4.85. The number of nitrogens with one attached hydrogen (secondary N) is 2. The third kappa shape index (κ3) is 4.14. The maximum Gasteiger partial charge on any atom is 0.256 e. The monoisotopic (exact) mass is 434 g/mol. The van der Waals surface area contributed by atoms with Gasteiger partial charge in [-0.1, -0.05) is 18.2 Å². The first-order valence-corrected chi connectivity index (χ1v) is 10.4. The zero-order valence-electron chi connectivity index (χ0n) is 18.4. The number of unbranched alkanes of at least 4 members (excludes halogenated alkanes) is 1. The average molecular weight is 435 g/mol. The van der Waals surface area contributed by atoms with Crippen LogP contribution in [-0.4, -0.2) is 53.2 Å². The second-order valence-electron chi connectivity index (χ2n) is 7.24. The second kappa shape index (κ2) is 9.51. The number of anilines is 1. The lowest BCUT2D eigenvalue weighted by atomic mass is 10.2. The molecule has 0 fully saturated rings. The van der Waals surface area contributed by atoms with Crippen LogP contribution in [-0.2, 0) is 6.54 Å². The molecule has 3 heterocycles. The van der Waals surface area contributed by atoms with Crippen molar-refractivity contribution in [2.45, 2.75) is 19.4 Å². The van der Waals surface area contributed by atoms with Crippen molar-refractivity contribution in [2.75, 3.05) is 33.1 Å². The second-order valence-corrected chi connectivity index (χ2v) is 7.24. The molecule has 0 saturated heterocycles. The summed E-state index contributed by atoms with van der Waals surface area (Å²) in [6, 6.07) is 11.4. The molecule has 1 amide bonds. The molecule has 0 bridgehead atoms. The maximum absolute atomic E-state index is 12.5. The molecule has 9 heteroatoms. The van der Waals surface area contributed by atoms with E-state index in [4.69, 9.17) is 9.47 Å². The molecule has 9 nitrogen and oxygen atoms in total. The van der Waals surface area contributed by atoms with E-state index in [1.54, 1.807) is 12.1 Å². The molecule has 0 aliphatic carbocycles. The predicted molar refractivity (Wildman–Crippen MR) is 123 cm³/mol. The minimum atomic E-state index is -0.221. The summed E-state index contributed by atoms with van der Waals surface area (Å²) in [5.74, 6) is 1.19. The Morgan fingerprint density at radius 2 is 1.91 bits per heavy atom. The molecule has 0 radical (unpaired) electrons. The Balaban J connectivity index is 1.39. The SMILES string of the molecule is CNc1nc2ccccc2c2c1ncn2CCCCNC(=O)c1ccc(OC)nc1OC. The normalized spacial score (nSPS) is 11.0. The van der Waals surface area contributed by atoms with Crippen LogP contribution in [0.3, 0.4) is 0 Å². The lowest BCUT2D eigenvalue weighted by Crippen LogP contribution is -2.25. The fourth-order valence-corrected chi connectivity index (χ4v) is 3.70. The van der Waals surface area contributed by atoms with Crippen molar-refractivity contribution in [1.29, 1.82) is 0 Å². The number of fused-ring (bicyclic) bond motifs is 3. The molecule has 166 valence electrons. The van der Waals surface area contributed by atoms with E-state index in [0.29, 0.717) is 18.0 Å². The van der Waals surface area contributed by atoms with Gasteiger partial charge in [0, 0.05) is 31.6 Å². The Bertz CT molecular complexity index is 1250. The third-order valence-electron chi connectivity index (χ3n) is 5.28. The minimum absolute atomic E-state index is 0.221. The summed E-state index contributed by atoms with van der Waals surface area (Å²) in [5.41, 5.74) is 3.24. The number of amides is 1. The first-order valence-electron chi connectivity index (χ1n) is 10.4. The third-order valence-corrected chi connectivity index (χ3v) is 5.28. The predicted octanol–water partition coefficient (Wildman–Crippen LogP) is 3.25. The molecule has 0 atom stereocenters. The Morgan fingerprint density at radius 1 is 1.06 bits per heavy atom. The van der Waals surface area contributed by atoms with Gasteiger partial charge in [0.05, 0.1) is 31.6 Å². The first-order chi connectivity index (χ1) is 15.7. The Morgan fingerprint density at radius 3 is 2.69 bits per heavy atom. The number of benzene rings is 1.